The van der Waals surface area contributed by atoms with E-state index in [0.717, 1.165) is 0 Å². The Kier molecular flexibility index (Phi) is 3.28. The molecule has 98 valence electrons. The van der Waals surface area contributed by atoms with Crippen molar-refractivity contribution in [1.82, 2.24) is 9.97 Å². The second kappa shape index (κ2) is 4.89. The van der Waals surface area contributed by atoms with E-state index < -0.39 is 18.0 Å². The molecular weight excluding hydrogens is 250 g/mol. The number of anilines is 1. The summed E-state index contributed by atoms with van der Waals surface area (Å²) in [6, 6.07) is 3.24. The highest BCUT2D eigenvalue weighted by Gasteiger charge is 2.08. The van der Waals surface area contributed by atoms with E-state index in [9.17, 15) is 19.8 Å². The van der Waals surface area contributed by atoms with Gasteiger partial charge in [-0.3, -0.25) is 0 Å². The predicted molar refractivity (Wildman–Crippen MR) is 62.0 cm³/mol. The van der Waals surface area contributed by atoms with Gasteiger partial charge in [-0.2, -0.15) is 0 Å². The number of aliphatic carboxylic acids is 1. The first-order valence-corrected chi connectivity index (χ1v) is 5.42. The van der Waals surface area contributed by atoms with Gasteiger partial charge in [0.2, 0.25) is 0 Å². The molecule has 0 saturated carbocycles. The molecule has 1 heterocycles. The van der Waals surface area contributed by atoms with Gasteiger partial charge >= 0.3 is 0 Å². The summed E-state index contributed by atoms with van der Waals surface area (Å²) >= 11 is 0. The number of aromatic carboxylic acids is 1. The third-order valence-electron chi connectivity index (χ3n) is 2.58. The van der Waals surface area contributed by atoms with Crippen LogP contribution in [-0.4, -0.2) is 27.9 Å². The van der Waals surface area contributed by atoms with Crippen LogP contribution < -0.4 is 15.5 Å². The van der Waals surface area contributed by atoms with Gasteiger partial charge in [0.1, 0.15) is 12.1 Å². The number of carbonyl (C=O) groups excluding carboxylic acids is 2. The molecule has 1 aromatic heterocycles. The molecule has 0 unspecified atom stereocenters. The summed E-state index contributed by atoms with van der Waals surface area (Å²) in [4.78, 5) is 29.3. The van der Waals surface area contributed by atoms with E-state index >= 15 is 0 Å². The summed E-state index contributed by atoms with van der Waals surface area (Å²) in [5.41, 5.74) is 0.370. The normalized spacial score (nSPS) is 12.1. The molecule has 19 heavy (non-hydrogen) atoms. The number of aromatic nitrogens is 2. The van der Waals surface area contributed by atoms with Crippen molar-refractivity contribution in [3.05, 3.63) is 30.1 Å². The molecule has 1 N–H and O–H groups in total. The van der Waals surface area contributed by atoms with Crippen molar-refractivity contribution in [2.24, 2.45) is 0 Å². The topological polar surface area (TPSA) is 118 Å². The van der Waals surface area contributed by atoms with Crippen molar-refractivity contribution in [3.63, 3.8) is 0 Å². The van der Waals surface area contributed by atoms with Gasteiger partial charge < -0.3 is 25.1 Å². The number of rotatable bonds is 4. The quantitative estimate of drug-likeness (QED) is 0.713. The van der Waals surface area contributed by atoms with Crippen molar-refractivity contribution in [3.8, 4) is 0 Å². The Hall–Kier alpha value is -2.70. The van der Waals surface area contributed by atoms with Gasteiger partial charge in [0.25, 0.3) is 0 Å². The lowest BCUT2D eigenvalue weighted by Gasteiger charge is -2.16. The molecule has 0 radical (unpaired) electrons. The molecule has 1 atom stereocenters. The zero-order chi connectivity index (χ0) is 14.0. The van der Waals surface area contributed by atoms with Crippen LogP contribution in [0.3, 0.4) is 0 Å². The third-order valence-corrected chi connectivity index (χ3v) is 2.58. The first-order chi connectivity index (χ1) is 8.99. The van der Waals surface area contributed by atoms with Crippen LogP contribution in [0.25, 0.3) is 10.9 Å². The highest BCUT2D eigenvalue weighted by atomic mass is 16.4. The van der Waals surface area contributed by atoms with Gasteiger partial charge in [0.05, 0.1) is 23.5 Å². The zero-order valence-electron chi connectivity index (χ0n) is 9.91. The summed E-state index contributed by atoms with van der Waals surface area (Å²) in [7, 11) is 0. The van der Waals surface area contributed by atoms with E-state index in [1.54, 1.807) is 0 Å². The lowest BCUT2D eigenvalue weighted by molar-refractivity contribution is -0.306. The summed E-state index contributed by atoms with van der Waals surface area (Å²) < 4.78 is 0. The van der Waals surface area contributed by atoms with Gasteiger partial charge in [-0.25, -0.2) is 9.97 Å². The van der Waals surface area contributed by atoms with Gasteiger partial charge in [0, 0.05) is 5.39 Å². The molecule has 0 saturated heterocycles. The molecule has 0 amide bonds. The Bertz CT molecular complexity index is 656. The Morgan fingerprint density at radius 1 is 1.26 bits per heavy atom. The molecule has 0 spiro atoms. The van der Waals surface area contributed by atoms with Gasteiger partial charge in [-0.1, -0.05) is 6.07 Å². The SMILES string of the molecule is C[C@@H](Nc1ncnc2cc(C(=O)[O-])ccc12)C(=O)[O-]. The highest BCUT2D eigenvalue weighted by Crippen LogP contribution is 2.20. The smallest absolute Gasteiger partial charge is 0.137 e. The molecule has 0 bridgehead atoms. The standard InChI is InChI=1S/C12H11N3O4/c1-6(11(16)17)15-10-8-3-2-7(12(18)19)4-9(8)13-5-14-10/h2-6H,1H3,(H,16,17)(H,18,19)(H,13,14,15)/p-2/t6-/m1/s1. The first-order valence-electron chi connectivity index (χ1n) is 5.42. The number of hydrogen-bond acceptors (Lipinski definition) is 7. The highest BCUT2D eigenvalue weighted by molar-refractivity contribution is 5.96. The third kappa shape index (κ3) is 2.59. The van der Waals surface area contributed by atoms with Crippen LogP contribution in [0.5, 0.6) is 0 Å². The van der Waals surface area contributed by atoms with Crippen LogP contribution in [0.2, 0.25) is 0 Å². The van der Waals surface area contributed by atoms with Gasteiger partial charge in [-0.05, 0) is 24.6 Å². The molecule has 0 aliphatic carbocycles. The number of nitrogens with zero attached hydrogens (tertiary/aromatic N) is 2. The molecule has 0 aliphatic heterocycles. The number of nitrogens with one attached hydrogen (secondary N) is 1. The summed E-state index contributed by atoms with van der Waals surface area (Å²) in [5, 5.41) is 24.6. The average Bonchev–Trinajstić information content (AvgIpc) is 2.38. The number of benzene rings is 1. The second-order valence-electron chi connectivity index (χ2n) is 3.93. The number of fused-ring (bicyclic) bond motifs is 1. The molecule has 1 aromatic carbocycles. The van der Waals surface area contributed by atoms with Crippen LogP contribution in [0.15, 0.2) is 24.5 Å². The molecule has 0 fully saturated rings. The van der Waals surface area contributed by atoms with E-state index in [1.807, 2.05) is 0 Å². The second-order valence-corrected chi connectivity index (χ2v) is 3.93. The minimum Gasteiger partial charge on any atom is -0.548 e. The molecule has 7 heteroatoms. The Balaban J connectivity index is 2.46. The number of carbonyl (C=O) groups is 2. The van der Waals surface area contributed by atoms with E-state index in [-0.39, 0.29) is 5.56 Å². The maximum atomic E-state index is 10.7. The van der Waals surface area contributed by atoms with E-state index in [4.69, 9.17) is 0 Å². The van der Waals surface area contributed by atoms with Crippen LogP contribution in [0.4, 0.5) is 5.82 Å². The Labute approximate surface area is 107 Å². The zero-order valence-corrected chi connectivity index (χ0v) is 9.91. The fourth-order valence-corrected chi connectivity index (χ4v) is 1.56. The number of carboxylic acid groups (broad SMARTS) is 2. The Morgan fingerprint density at radius 2 is 2.00 bits per heavy atom. The van der Waals surface area contributed by atoms with Crippen molar-refractivity contribution < 1.29 is 19.8 Å². The first kappa shape index (κ1) is 12.7. The molecular formula is C12H9N3O4-2. The van der Waals surface area contributed by atoms with Gasteiger partial charge in [-0.15, -0.1) is 0 Å². The maximum absolute atomic E-state index is 10.7. The van der Waals surface area contributed by atoms with Crippen molar-refractivity contribution >= 4 is 28.7 Å². The van der Waals surface area contributed by atoms with Gasteiger partial charge in [0.15, 0.2) is 0 Å². The summed E-state index contributed by atoms with van der Waals surface area (Å²) in [6.45, 7) is 1.42. The maximum Gasteiger partial charge on any atom is 0.137 e. The lowest BCUT2D eigenvalue weighted by Crippen LogP contribution is -2.38. The van der Waals surface area contributed by atoms with E-state index in [2.05, 4.69) is 15.3 Å². The summed E-state index contributed by atoms with van der Waals surface area (Å²) in [5.74, 6) is -2.28. The Morgan fingerprint density at radius 3 is 2.63 bits per heavy atom. The van der Waals surface area contributed by atoms with Crippen molar-refractivity contribution in [1.29, 1.82) is 0 Å². The lowest BCUT2D eigenvalue weighted by atomic mass is 10.1. The fraction of sp³-hybridized carbons (Fsp3) is 0.167. The monoisotopic (exact) mass is 259 g/mol. The van der Waals surface area contributed by atoms with Crippen molar-refractivity contribution in [2.75, 3.05) is 5.32 Å². The largest absolute Gasteiger partial charge is 0.548 e. The number of carboxylic acids is 2. The molecule has 7 nitrogen and oxygen atoms in total. The van der Waals surface area contributed by atoms with Crippen LogP contribution in [0, 0.1) is 0 Å². The minimum absolute atomic E-state index is 0.00917. The average molecular weight is 259 g/mol. The van der Waals surface area contributed by atoms with Crippen LogP contribution in [-0.2, 0) is 4.79 Å². The molecule has 2 rings (SSSR count). The van der Waals surface area contributed by atoms with Crippen LogP contribution >= 0.6 is 0 Å². The van der Waals surface area contributed by atoms with E-state index in [0.29, 0.717) is 16.7 Å². The predicted octanol–water partition coefficient (Wildman–Crippen LogP) is -1.46. The van der Waals surface area contributed by atoms with Crippen molar-refractivity contribution in [2.45, 2.75) is 13.0 Å². The molecule has 2 aromatic rings. The summed E-state index contributed by atoms with van der Waals surface area (Å²) in [6.07, 6.45) is 1.21. The number of hydrogen-bond donors (Lipinski definition) is 1. The minimum atomic E-state index is -1.31. The van der Waals surface area contributed by atoms with E-state index in [1.165, 1.54) is 31.5 Å². The fourth-order valence-electron chi connectivity index (χ4n) is 1.56. The molecule has 0 aliphatic rings. The van der Waals surface area contributed by atoms with Crippen LogP contribution in [0.1, 0.15) is 17.3 Å².